The van der Waals surface area contributed by atoms with Crippen LogP contribution in [0.1, 0.15) is 39.0 Å². The quantitative estimate of drug-likeness (QED) is 0.527. The van der Waals surface area contributed by atoms with Gasteiger partial charge in [0.05, 0.1) is 17.9 Å². The standard InChI is InChI=1S/C20H30N2O6/c1-3-5-10-21(9-4-2)18(25)16-20-8-7-13(28-20)14(19(26)27)15(20)17(24)22(16)11-6-12-23/h4,13-16,23H,2-3,5-12H2,1H3,(H,26,27)/t13-,14+,15+,16?,20?/m1/s1. The van der Waals surface area contributed by atoms with E-state index >= 15 is 0 Å². The van der Waals surface area contributed by atoms with Crippen LogP contribution in [0.4, 0.5) is 0 Å². The van der Waals surface area contributed by atoms with Crippen molar-refractivity contribution in [3.63, 3.8) is 0 Å². The van der Waals surface area contributed by atoms with Crippen molar-refractivity contribution in [1.82, 2.24) is 9.80 Å². The number of carboxylic acid groups (broad SMARTS) is 1. The van der Waals surface area contributed by atoms with E-state index in [9.17, 15) is 24.6 Å². The molecule has 1 spiro atoms. The summed E-state index contributed by atoms with van der Waals surface area (Å²) in [6.07, 6.45) is 4.25. The lowest BCUT2D eigenvalue weighted by atomic mass is 9.70. The molecule has 8 nitrogen and oxygen atoms in total. The molecule has 2 bridgehead atoms. The monoisotopic (exact) mass is 394 g/mol. The Balaban J connectivity index is 1.98. The molecule has 3 fully saturated rings. The minimum Gasteiger partial charge on any atom is -0.481 e. The highest BCUT2D eigenvalue weighted by molar-refractivity contribution is 5.98. The average molecular weight is 394 g/mol. The first-order valence-electron chi connectivity index (χ1n) is 10.1. The molecule has 0 aliphatic carbocycles. The molecule has 3 rings (SSSR count). The van der Waals surface area contributed by atoms with Crippen LogP contribution >= 0.6 is 0 Å². The molecule has 0 aromatic carbocycles. The molecule has 0 aromatic rings. The fourth-order valence-corrected chi connectivity index (χ4v) is 5.16. The van der Waals surface area contributed by atoms with Gasteiger partial charge in [-0.1, -0.05) is 19.4 Å². The van der Waals surface area contributed by atoms with E-state index in [1.807, 2.05) is 6.92 Å². The molecule has 2 amide bonds. The van der Waals surface area contributed by atoms with Crippen LogP contribution in [0, 0.1) is 11.8 Å². The van der Waals surface area contributed by atoms with Crippen LogP contribution in [0.3, 0.4) is 0 Å². The highest BCUT2D eigenvalue weighted by Gasteiger charge is 2.74. The first-order valence-corrected chi connectivity index (χ1v) is 10.1. The molecule has 156 valence electrons. The van der Waals surface area contributed by atoms with Gasteiger partial charge >= 0.3 is 5.97 Å². The van der Waals surface area contributed by atoms with E-state index in [0.29, 0.717) is 32.4 Å². The molecule has 3 aliphatic heterocycles. The van der Waals surface area contributed by atoms with Crippen LogP contribution in [-0.4, -0.2) is 81.8 Å². The highest BCUT2D eigenvalue weighted by atomic mass is 16.5. The summed E-state index contributed by atoms with van der Waals surface area (Å²) in [6, 6.07) is -0.845. The summed E-state index contributed by atoms with van der Waals surface area (Å²) in [5, 5.41) is 18.9. The summed E-state index contributed by atoms with van der Waals surface area (Å²) in [7, 11) is 0. The number of amides is 2. The van der Waals surface area contributed by atoms with E-state index < -0.39 is 35.6 Å². The number of aliphatic hydroxyl groups is 1. The van der Waals surface area contributed by atoms with Crippen molar-refractivity contribution in [3.05, 3.63) is 12.7 Å². The highest BCUT2D eigenvalue weighted by Crippen LogP contribution is 2.58. The molecule has 3 aliphatic rings. The van der Waals surface area contributed by atoms with Crippen LogP contribution in [0.5, 0.6) is 0 Å². The molecule has 2 N–H and O–H groups in total. The molecular formula is C20H30N2O6. The number of carboxylic acids is 1. The topological polar surface area (TPSA) is 107 Å². The lowest BCUT2D eigenvalue weighted by Crippen LogP contribution is -2.56. The zero-order valence-electron chi connectivity index (χ0n) is 16.4. The van der Waals surface area contributed by atoms with Crippen molar-refractivity contribution < 1.29 is 29.3 Å². The maximum absolute atomic E-state index is 13.6. The second-order valence-corrected chi connectivity index (χ2v) is 7.93. The maximum atomic E-state index is 13.6. The third-order valence-electron chi connectivity index (χ3n) is 6.32. The fraction of sp³-hybridized carbons (Fsp3) is 0.750. The number of likely N-dealkylation sites (tertiary alicyclic amines) is 1. The Kier molecular flexibility index (Phi) is 6.09. The summed E-state index contributed by atoms with van der Waals surface area (Å²) < 4.78 is 6.13. The normalized spacial score (nSPS) is 33.2. The number of ether oxygens (including phenoxy) is 1. The predicted molar refractivity (Wildman–Crippen MR) is 100 cm³/mol. The van der Waals surface area contributed by atoms with Gasteiger partial charge in [-0.2, -0.15) is 0 Å². The van der Waals surface area contributed by atoms with Gasteiger partial charge in [-0.25, -0.2) is 0 Å². The Morgan fingerprint density at radius 2 is 2.18 bits per heavy atom. The Morgan fingerprint density at radius 3 is 2.79 bits per heavy atom. The van der Waals surface area contributed by atoms with Crippen LogP contribution in [0.25, 0.3) is 0 Å². The maximum Gasteiger partial charge on any atom is 0.310 e. The largest absolute Gasteiger partial charge is 0.481 e. The Morgan fingerprint density at radius 1 is 1.43 bits per heavy atom. The number of aliphatic hydroxyl groups excluding tert-OH is 1. The lowest BCUT2D eigenvalue weighted by Gasteiger charge is -2.36. The SMILES string of the molecule is C=CCN(CCCC)C(=O)C1N(CCCO)C(=O)[C@@H]2[C@@H](C(=O)O)[C@H]3CCC12O3. The number of rotatable bonds is 10. The van der Waals surface area contributed by atoms with Gasteiger partial charge in [-0.05, 0) is 25.7 Å². The number of nitrogens with zero attached hydrogens (tertiary/aromatic N) is 2. The van der Waals surface area contributed by atoms with Gasteiger partial charge in [0.25, 0.3) is 0 Å². The van der Waals surface area contributed by atoms with Gasteiger partial charge in [0.1, 0.15) is 11.6 Å². The zero-order valence-corrected chi connectivity index (χ0v) is 16.4. The van der Waals surface area contributed by atoms with E-state index in [-0.39, 0.29) is 25.0 Å². The van der Waals surface area contributed by atoms with Crippen LogP contribution in [-0.2, 0) is 19.1 Å². The molecule has 0 aromatic heterocycles. The first-order chi connectivity index (χ1) is 13.4. The summed E-state index contributed by atoms with van der Waals surface area (Å²) in [5.74, 6) is -3.36. The molecule has 5 atom stereocenters. The lowest BCUT2D eigenvalue weighted by molar-refractivity contribution is -0.151. The molecule has 8 heteroatoms. The summed E-state index contributed by atoms with van der Waals surface area (Å²) >= 11 is 0. The molecular weight excluding hydrogens is 364 g/mol. The van der Waals surface area contributed by atoms with Gasteiger partial charge < -0.3 is 24.7 Å². The van der Waals surface area contributed by atoms with Gasteiger partial charge in [0.2, 0.25) is 11.8 Å². The third kappa shape index (κ3) is 3.12. The van der Waals surface area contributed by atoms with Gasteiger partial charge in [-0.3, -0.25) is 14.4 Å². The van der Waals surface area contributed by atoms with E-state index in [2.05, 4.69) is 6.58 Å². The minimum absolute atomic E-state index is 0.111. The Labute approximate surface area is 165 Å². The van der Waals surface area contributed by atoms with Gasteiger partial charge in [-0.15, -0.1) is 6.58 Å². The van der Waals surface area contributed by atoms with Crippen LogP contribution in [0.15, 0.2) is 12.7 Å². The molecule has 2 unspecified atom stereocenters. The molecule has 0 radical (unpaired) electrons. The van der Waals surface area contributed by atoms with Crippen molar-refractivity contribution in [1.29, 1.82) is 0 Å². The Hall–Kier alpha value is -1.93. The van der Waals surface area contributed by atoms with Crippen molar-refractivity contribution in [3.8, 4) is 0 Å². The molecule has 3 heterocycles. The van der Waals surface area contributed by atoms with Crippen LogP contribution < -0.4 is 0 Å². The summed E-state index contributed by atoms with van der Waals surface area (Å²) in [6.45, 7) is 6.78. The van der Waals surface area contributed by atoms with Crippen molar-refractivity contribution in [2.75, 3.05) is 26.2 Å². The van der Waals surface area contributed by atoms with Gasteiger partial charge in [0, 0.05) is 26.2 Å². The van der Waals surface area contributed by atoms with Crippen LogP contribution in [0.2, 0.25) is 0 Å². The number of unbranched alkanes of at least 4 members (excludes halogenated alkanes) is 1. The number of aliphatic carboxylic acids is 1. The van der Waals surface area contributed by atoms with Crippen molar-refractivity contribution in [2.24, 2.45) is 11.8 Å². The number of hydrogen-bond acceptors (Lipinski definition) is 5. The van der Waals surface area contributed by atoms with Crippen molar-refractivity contribution >= 4 is 17.8 Å². The van der Waals surface area contributed by atoms with E-state index in [4.69, 9.17) is 4.74 Å². The fourth-order valence-electron chi connectivity index (χ4n) is 5.16. The number of fused-ring (bicyclic) bond motifs is 1. The first kappa shape index (κ1) is 20.8. The zero-order chi connectivity index (χ0) is 20.5. The van der Waals surface area contributed by atoms with Crippen molar-refractivity contribution in [2.45, 2.75) is 56.8 Å². The van der Waals surface area contributed by atoms with E-state index in [0.717, 1.165) is 12.8 Å². The Bertz CT molecular complexity index is 653. The number of carbonyl (C=O) groups excluding carboxylic acids is 2. The second kappa shape index (κ2) is 8.21. The predicted octanol–water partition coefficient (Wildman–Crippen LogP) is 0.643. The second-order valence-electron chi connectivity index (χ2n) is 7.93. The number of carbonyl (C=O) groups is 3. The van der Waals surface area contributed by atoms with Gasteiger partial charge in [0.15, 0.2) is 0 Å². The summed E-state index contributed by atoms with van der Waals surface area (Å²) in [5.41, 5.74) is -1.08. The molecule has 28 heavy (non-hydrogen) atoms. The summed E-state index contributed by atoms with van der Waals surface area (Å²) in [4.78, 5) is 41.8. The molecule has 0 saturated carbocycles. The van der Waals surface area contributed by atoms with E-state index in [1.165, 1.54) is 4.90 Å². The average Bonchev–Trinajstić information content (AvgIpc) is 3.30. The molecule has 3 saturated heterocycles. The minimum atomic E-state index is -1.08. The smallest absolute Gasteiger partial charge is 0.310 e. The van der Waals surface area contributed by atoms with E-state index in [1.54, 1.807) is 11.0 Å². The third-order valence-corrected chi connectivity index (χ3v) is 6.32. The number of hydrogen-bond donors (Lipinski definition) is 2.